The van der Waals surface area contributed by atoms with Crippen LogP contribution in [0.3, 0.4) is 0 Å². The van der Waals surface area contributed by atoms with Crippen LogP contribution in [0, 0.1) is 6.92 Å². The van der Waals surface area contributed by atoms with Gasteiger partial charge in [0.2, 0.25) is 6.79 Å². The Morgan fingerprint density at radius 1 is 1.15 bits per heavy atom. The van der Waals surface area contributed by atoms with Crippen molar-refractivity contribution in [1.29, 1.82) is 0 Å². The summed E-state index contributed by atoms with van der Waals surface area (Å²) in [6, 6.07) is 9.10. The third kappa shape index (κ3) is 3.22. The number of aryl methyl sites for hydroxylation is 1. The van der Waals surface area contributed by atoms with Gasteiger partial charge in [0.05, 0.1) is 10.7 Å². The number of nitrogens with one attached hydrogen (secondary N) is 1. The SMILES string of the molecule is Cc1cc2c(cc1/C=N\NC(=O)c1cc3cc(Br)cc(Br)c3o1)OCO2. The van der Waals surface area contributed by atoms with E-state index < -0.39 is 5.91 Å². The predicted octanol–water partition coefficient (Wildman–Crippen LogP) is 4.76. The number of carbonyl (C=O) groups excluding carboxylic acids is 1. The molecule has 1 N–H and O–H groups in total. The monoisotopic (exact) mass is 478 g/mol. The number of rotatable bonds is 3. The second kappa shape index (κ2) is 6.77. The maximum atomic E-state index is 12.3. The fourth-order valence-electron chi connectivity index (χ4n) is 2.60. The maximum Gasteiger partial charge on any atom is 0.307 e. The average Bonchev–Trinajstić information content (AvgIpc) is 3.21. The van der Waals surface area contributed by atoms with Crippen molar-refractivity contribution in [3.05, 3.63) is 56.2 Å². The molecule has 8 heteroatoms. The zero-order valence-electron chi connectivity index (χ0n) is 13.5. The molecule has 2 aromatic carbocycles. The first kappa shape index (κ1) is 17.1. The lowest BCUT2D eigenvalue weighted by atomic mass is 10.1. The number of halogens is 2. The number of hydrazone groups is 1. The standard InChI is InChI=1S/C18H12Br2N2O4/c1-9-2-14-15(25-8-24-14)5-11(9)7-21-22-18(23)16-4-10-3-12(19)6-13(20)17(10)26-16/h2-7H,8H2,1H3,(H,22,23)/b21-7-. The lowest BCUT2D eigenvalue weighted by Crippen LogP contribution is -2.16. The van der Waals surface area contributed by atoms with E-state index >= 15 is 0 Å². The fraction of sp³-hybridized carbons (Fsp3) is 0.111. The molecule has 1 aromatic heterocycles. The van der Waals surface area contributed by atoms with E-state index in [1.54, 1.807) is 12.3 Å². The van der Waals surface area contributed by atoms with Crippen LogP contribution in [0.25, 0.3) is 11.0 Å². The molecule has 0 atom stereocenters. The molecule has 0 fully saturated rings. The van der Waals surface area contributed by atoms with E-state index in [0.29, 0.717) is 17.1 Å². The minimum atomic E-state index is -0.432. The Balaban J connectivity index is 1.52. The summed E-state index contributed by atoms with van der Waals surface area (Å²) >= 11 is 6.83. The van der Waals surface area contributed by atoms with Gasteiger partial charge < -0.3 is 13.9 Å². The summed E-state index contributed by atoms with van der Waals surface area (Å²) in [4.78, 5) is 12.3. The Labute approximate surface area is 165 Å². The van der Waals surface area contributed by atoms with Gasteiger partial charge in [-0.1, -0.05) is 15.9 Å². The van der Waals surface area contributed by atoms with Crippen molar-refractivity contribution in [3.63, 3.8) is 0 Å². The average molecular weight is 480 g/mol. The molecule has 26 heavy (non-hydrogen) atoms. The molecule has 0 saturated carbocycles. The molecule has 1 amide bonds. The van der Waals surface area contributed by atoms with Gasteiger partial charge in [0.15, 0.2) is 17.3 Å². The van der Waals surface area contributed by atoms with E-state index in [2.05, 4.69) is 42.4 Å². The highest BCUT2D eigenvalue weighted by Gasteiger charge is 2.16. The molecule has 0 bridgehead atoms. The summed E-state index contributed by atoms with van der Waals surface area (Å²) < 4.78 is 17.9. The first-order chi connectivity index (χ1) is 12.5. The molecule has 0 radical (unpaired) electrons. The van der Waals surface area contributed by atoms with Crippen LogP contribution < -0.4 is 14.9 Å². The van der Waals surface area contributed by atoms with Crippen molar-refractivity contribution in [1.82, 2.24) is 5.43 Å². The number of furan rings is 1. The van der Waals surface area contributed by atoms with Crippen molar-refractivity contribution >= 4 is 55.0 Å². The highest BCUT2D eigenvalue weighted by molar-refractivity contribution is 9.11. The minimum Gasteiger partial charge on any atom is -0.454 e. The number of ether oxygens (including phenoxy) is 2. The third-order valence-electron chi connectivity index (χ3n) is 3.89. The van der Waals surface area contributed by atoms with Crippen LogP contribution in [-0.2, 0) is 0 Å². The van der Waals surface area contributed by atoms with Crippen LogP contribution in [0.15, 0.2) is 48.8 Å². The van der Waals surface area contributed by atoms with Crippen molar-refractivity contribution in [2.45, 2.75) is 6.92 Å². The largest absolute Gasteiger partial charge is 0.454 e. The van der Waals surface area contributed by atoms with Crippen molar-refractivity contribution < 1.29 is 18.7 Å². The smallest absolute Gasteiger partial charge is 0.307 e. The summed E-state index contributed by atoms with van der Waals surface area (Å²) in [5.41, 5.74) is 4.87. The van der Waals surface area contributed by atoms with E-state index in [9.17, 15) is 4.79 Å². The molecule has 0 saturated heterocycles. The lowest BCUT2D eigenvalue weighted by molar-refractivity contribution is 0.0929. The number of nitrogens with zero attached hydrogens (tertiary/aromatic N) is 1. The molecular weight excluding hydrogens is 468 g/mol. The Kier molecular flexibility index (Phi) is 4.46. The van der Waals surface area contributed by atoms with E-state index in [-0.39, 0.29) is 12.6 Å². The van der Waals surface area contributed by atoms with E-state index in [4.69, 9.17) is 13.9 Å². The summed E-state index contributed by atoms with van der Waals surface area (Å²) in [6.45, 7) is 2.14. The Bertz CT molecular complexity index is 1060. The van der Waals surface area contributed by atoms with E-state index in [0.717, 1.165) is 25.5 Å². The summed E-state index contributed by atoms with van der Waals surface area (Å²) in [7, 11) is 0. The fourth-order valence-corrected chi connectivity index (χ4v) is 3.94. The first-order valence-electron chi connectivity index (χ1n) is 7.63. The highest BCUT2D eigenvalue weighted by Crippen LogP contribution is 2.34. The van der Waals surface area contributed by atoms with Crippen LogP contribution in [0.4, 0.5) is 0 Å². The molecular formula is C18H12Br2N2O4. The molecule has 3 aromatic rings. The van der Waals surface area contributed by atoms with Gasteiger partial charge in [-0.2, -0.15) is 5.10 Å². The molecule has 6 nitrogen and oxygen atoms in total. The van der Waals surface area contributed by atoms with Crippen molar-refractivity contribution in [2.75, 3.05) is 6.79 Å². The topological polar surface area (TPSA) is 73.1 Å². The second-order valence-corrected chi connectivity index (χ2v) is 7.45. The van der Waals surface area contributed by atoms with E-state index in [1.165, 1.54) is 0 Å². The maximum absolute atomic E-state index is 12.3. The molecule has 0 spiro atoms. The molecule has 0 unspecified atom stereocenters. The third-order valence-corrected chi connectivity index (χ3v) is 4.94. The molecule has 0 aliphatic carbocycles. The highest BCUT2D eigenvalue weighted by atomic mass is 79.9. The lowest BCUT2D eigenvalue weighted by Gasteiger charge is -2.02. The number of amides is 1. The zero-order chi connectivity index (χ0) is 18.3. The molecule has 4 rings (SSSR count). The van der Waals surface area contributed by atoms with Crippen LogP contribution in [-0.4, -0.2) is 18.9 Å². The van der Waals surface area contributed by atoms with Crippen LogP contribution >= 0.6 is 31.9 Å². The quantitative estimate of drug-likeness (QED) is 0.434. The summed E-state index contributed by atoms with van der Waals surface area (Å²) in [5.74, 6) is 1.12. The van der Waals surface area contributed by atoms with Gasteiger partial charge in [0.25, 0.3) is 0 Å². The second-order valence-electron chi connectivity index (χ2n) is 5.68. The van der Waals surface area contributed by atoms with Gasteiger partial charge in [0.1, 0.15) is 5.58 Å². The summed E-state index contributed by atoms with van der Waals surface area (Å²) in [6.07, 6.45) is 1.56. The van der Waals surface area contributed by atoms with Gasteiger partial charge in [-0.25, -0.2) is 5.43 Å². The number of fused-ring (bicyclic) bond motifs is 2. The van der Waals surface area contributed by atoms with Gasteiger partial charge in [-0.15, -0.1) is 0 Å². The van der Waals surface area contributed by atoms with Gasteiger partial charge in [-0.05, 0) is 58.7 Å². The number of carbonyl (C=O) groups is 1. The number of benzene rings is 2. The molecule has 1 aliphatic heterocycles. The molecule has 132 valence electrons. The van der Waals surface area contributed by atoms with Crippen molar-refractivity contribution in [2.24, 2.45) is 5.10 Å². The Hall–Kier alpha value is -2.32. The predicted molar refractivity (Wildman–Crippen MR) is 104 cm³/mol. The number of hydrogen-bond donors (Lipinski definition) is 1. The van der Waals surface area contributed by atoms with E-state index in [1.807, 2.05) is 31.2 Å². The van der Waals surface area contributed by atoms with Crippen LogP contribution in [0.5, 0.6) is 11.5 Å². The normalized spacial score (nSPS) is 12.9. The first-order valence-corrected chi connectivity index (χ1v) is 9.22. The van der Waals surface area contributed by atoms with Crippen LogP contribution in [0.1, 0.15) is 21.7 Å². The molecule has 2 heterocycles. The minimum absolute atomic E-state index is 0.179. The number of hydrogen-bond acceptors (Lipinski definition) is 5. The Morgan fingerprint density at radius 2 is 1.92 bits per heavy atom. The van der Waals surface area contributed by atoms with Gasteiger partial charge in [-0.3, -0.25) is 4.79 Å². The van der Waals surface area contributed by atoms with Crippen LogP contribution in [0.2, 0.25) is 0 Å². The Morgan fingerprint density at radius 3 is 2.73 bits per heavy atom. The van der Waals surface area contributed by atoms with Crippen molar-refractivity contribution in [3.8, 4) is 11.5 Å². The molecule has 1 aliphatic rings. The van der Waals surface area contributed by atoms with Gasteiger partial charge in [0, 0.05) is 15.4 Å². The zero-order valence-corrected chi connectivity index (χ0v) is 16.7. The van der Waals surface area contributed by atoms with Gasteiger partial charge >= 0.3 is 5.91 Å². The summed E-state index contributed by atoms with van der Waals surface area (Å²) in [5, 5.41) is 4.82.